The number of fused-ring (bicyclic) bond motifs is 1. The molecule has 13 heavy (non-hydrogen) atoms. The van der Waals surface area contributed by atoms with Gasteiger partial charge in [-0.2, -0.15) is 0 Å². The van der Waals surface area contributed by atoms with E-state index in [-0.39, 0.29) is 5.91 Å². The summed E-state index contributed by atoms with van der Waals surface area (Å²) in [6, 6.07) is 0. The lowest BCUT2D eigenvalue weighted by Crippen LogP contribution is -2.40. The van der Waals surface area contributed by atoms with Crippen LogP contribution in [0.4, 0.5) is 0 Å². The Morgan fingerprint density at radius 3 is 2.69 bits per heavy atom. The van der Waals surface area contributed by atoms with Gasteiger partial charge in [0.1, 0.15) is 0 Å². The zero-order valence-corrected chi connectivity index (χ0v) is 8.62. The molecule has 1 saturated heterocycles. The number of piperidine rings is 1. The highest BCUT2D eigenvalue weighted by atomic mass is 16.2. The van der Waals surface area contributed by atoms with Crippen molar-refractivity contribution >= 4 is 5.91 Å². The Labute approximate surface area is 80.3 Å². The molecule has 0 N–H and O–H groups in total. The maximum absolute atomic E-state index is 11.2. The number of amides is 1. The summed E-state index contributed by atoms with van der Waals surface area (Å²) in [6.45, 7) is 6.07. The lowest BCUT2D eigenvalue weighted by atomic mass is 9.89. The summed E-state index contributed by atoms with van der Waals surface area (Å²) in [5, 5.41) is 0. The molecule has 3 unspecified atom stereocenters. The highest BCUT2D eigenvalue weighted by molar-refractivity contribution is 5.73. The molecule has 0 aromatic heterocycles. The van der Waals surface area contributed by atoms with Crippen LogP contribution in [0.25, 0.3) is 0 Å². The number of hydrogen-bond donors (Lipinski definition) is 0. The Bertz CT molecular complexity index is 214. The summed E-state index contributed by atoms with van der Waals surface area (Å²) in [7, 11) is 0. The van der Waals surface area contributed by atoms with Crippen LogP contribution in [0.1, 0.15) is 33.1 Å². The molecule has 2 heteroatoms. The van der Waals surface area contributed by atoms with Crippen molar-refractivity contribution in [3.05, 3.63) is 0 Å². The molecule has 2 nitrogen and oxygen atoms in total. The third-order valence-electron chi connectivity index (χ3n) is 3.75. The molecular weight excluding hydrogens is 162 g/mol. The molecule has 2 rings (SSSR count). The molecule has 1 heterocycles. The summed E-state index contributed by atoms with van der Waals surface area (Å²) in [5.74, 6) is 2.89. The topological polar surface area (TPSA) is 20.3 Å². The SMILES string of the molecule is CC(=O)N1CCC2CC(C)CC2C1. The second-order valence-corrected chi connectivity index (χ2v) is 4.85. The van der Waals surface area contributed by atoms with Gasteiger partial charge >= 0.3 is 0 Å². The number of nitrogens with zero attached hydrogens (tertiary/aromatic N) is 1. The Morgan fingerprint density at radius 1 is 1.31 bits per heavy atom. The first-order valence-corrected chi connectivity index (χ1v) is 5.42. The summed E-state index contributed by atoms with van der Waals surface area (Å²) in [4.78, 5) is 13.2. The molecule has 1 aliphatic heterocycles. The summed E-state index contributed by atoms with van der Waals surface area (Å²) in [6.07, 6.45) is 3.99. The van der Waals surface area contributed by atoms with E-state index >= 15 is 0 Å². The fraction of sp³-hybridized carbons (Fsp3) is 0.909. The largest absolute Gasteiger partial charge is 0.343 e. The van der Waals surface area contributed by atoms with Crippen molar-refractivity contribution in [2.24, 2.45) is 17.8 Å². The van der Waals surface area contributed by atoms with Gasteiger partial charge in [0, 0.05) is 20.0 Å². The van der Waals surface area contributed by atoms with E-state index in [1.807, 2.05) is 4.90 Å². The van der Waals surface area contributed by atoms with E-state index < -0.39 is 0 Å². The van der Waals surface area contributed by atoms with Crippen molar-refractivity contribution in [1.29, 1.82) is 0 Å². The average molecular weight is 181 g/mol. The Balaban J connectivity index is 1.97. The third kappa shape index (κ3) is 1.72. The number of carbonyl (C=O) groups is 1. The third-order valence-corrected chi connectivity index (χ3v) is 3.75. The smallest absolute Gasteiger partial charge is 0.219 e. The van der Waals surface area contributed by atoms with E-state index in [1.54, 1.807) is 6.92 Å². The minimum atomic E-state index is 0.262. The summed E-state index contributed by atoms with van der Waals surface area (Å²) >= 11 is 0. The molecule has 1 saturated carbocycles. The maximum atomic E-state index is 11.2. The van der Waals surface area contributed by atoms with Gasteiger partial charge in [-0.25, -0.2) is 0 Å². The molecule has 3 atom stereocenters. The maximum Gasteiger partial charge on any atom is 0.219 e. The van der Waals surface area contributed by atoms with Crippen LogP contribution in [0.5, 0.6) is 0 Å². The van der Waals surface area contributed by atoms with Gasteiger partial charge in [0.15, 0.2) is 0 Å². The minimum absolute atomic E-state index is 0.262. The Morgan fingerprint density at radius 2 is 2.00 bits per heavy atom. The van der Waals surface area contributed by atoms with Crippen LogP contribution in [0.3, 0.4) is 0 Å². The van der Waals surface area contributed by atoms with Gasteiger partial charge in [0.05, 0.1) is 0 Å². The predicted molar refractivity (Wildman–Crippen MR) is 52.2 cm³/mol. The summed E-state index contributed by atoms with van der Waals surface area (Å²) < 4.78 is 0. The Hall–Kier alpha value is -0.530. The number of rotatable bonds is 0. The van der Waals surface area contributed by atoms with Crippen LogP contribution in [-0.4, -0.2) is 23.9 Å². The van der Waals surface area contributed by atoms with E-state index in [0.717, 1.165) is 30.8 Å². The molecule has 0 bridgehead atoms. The van der Waals surface area contributed by atoms with Gasteiger partial charge in [-0.05, 0) is 37.0 Å². The predicted octanol–water partition coefficient (Wildman–Crippen LogP) is 1.90. The second-order valence-electron chi connectivity index (χ2n) is 4.85. The van der Waals surface area contributed by atoms with Crippen LogP contribution in [-0.2, 0) is 4.79 Å². The van der Waals surface area contributed by atoms with Gasteiger partial charge in [0.2, 0.25) is 5.91 Å². The van der Waals surface area contributed by atoms with Crippen LogP contribution in [0, 0.1) is 17.8 Å². The molecule has 0 aromatic carbocycles. The lowest BCUT2D eigenvalue weighted by molar-refractivity contribution is -0.131. The molecule has 2 aliphatic rings. The highest BCUT2D eigenvalue weighted by Gasteiger charge is 2.36. The van der Waals surface area contributed by atoms with Crippen molar-refractivity contribution in [3.63, 3.8) is 0 Å². The van der Waals surface area contributed by atoms with Gasteiger partial charge in [-0.15, -0.1) is 0 Å². The molecular formula is C11H19NO. The van der Waals surface area contributed by atoms with Gasteiger partial charge < -0.3 is 4.90 Å². The van der Waals surface area contributed by atoms with Crippen LogP contribution >= 0.6 is 0 Å². The number of carbonyl (C=O) groups excluding carboxylic acids is 1. The fourth-order valence-corrected chi connectivity index (χ4v) is 3.07. The molecule has 2 fully saturated rings. The first-order valence-electron chi connectivity index (χ1n) is 5.42. The van der Waals surface area contributed by atoms with Gasteiger partial charge in [-0.1, -0.05) is 6.92 Å². The standard InChI is InChI=1S/C11H19NO/c1-8-5-10-3-4-12(9(2)13)7-11(10)6-8/h8,10-11H,3-7H2,1-2H3. The van der Waals surface area contributed by atoms with E-state index in [2.05, 4.69) is 6.92 Å². The van der Waals surface area contributed by atoms with E-state index in [9.17, 15) is 4.79 Å². The monoisotopic (exact) mass is 181 g/mol. The zero-order valence-electron chi connectivity index (χ0n) is 8.62. The minimum Gasteiger partial charge on any atom is -0.343 e. The van der Waals surface area contributed by atoms with Crippen LogP contribution < -0.4 is 0 Å². The molecule has 1 amide bonds. The molecule has 0 aromatic rings. The first-order chi connectivity index (χ1) is 6.16. The Kier molecular flexibility index (Phi) is 2.31. The molecule has 74 valence electrons. The van der Waals surface area contributed by atoms with E-state index in [1.165, 1.54) is 19.3 Å². The van der Waals surface area contributed by atoms with Crippen molar-refractivity contribution in [1.82, 2.24) is 4.90 Å². The molecule has 0 spiro atoms. The van der Waals surface area contributed by atoms with Crippen molar-refractivity contribution < 1.29 is 4.79 Å². The molecule has 1 aliphatic carbocycles. The van der Waals surface area contributed by atoms with Crippen molar-refractivity contribution in [3.8, 4) is 0 Å². The van der Waals surface area contributed by atoms with E-state index in [0.29, 0.717) is 0 Å². The average Bonchev–Trinajstić information content (AvgIpc) is 2.42. The molecule has 0 radical (unpaired) electrons. The normalized spacial score (nSPS) is 38.9. The fourth-order valence-electron chi connectivity index (χ4n) is 3.07. The van der Waals surface area contributed by atoms with Crippen molar-refractivity contribution in [2.75, 3.05) is 13.1 Å². The van der Waals surface area contributed by atoms with E-state index in [4.69, 9.17) is 0 Å². The number of likely N-dealkylation sites (tertiary alicyclic amines) is 1. The zero-order chi connectivity index (χ0) is 9.42. The van der Waals surface area contributed by atoms with Gasteiger partial charge in [-0.3, -0.25) is 4.79 Å². The van der Waals surface area contributed by atoms with Crippen LogP contribution in [0.2, 0.25) is 0 Å². The highest BCUT2D eigenvalue weighted by Crippen LogP contribution is 2.40. The summed E-state index contributed by atoms with van der Waals surface area (Å²) in [5.41, 5.74) is 0. The lowest BCUT2D eigenvalue weighted by Gasteiger charge is -2.34. The van der Waals surface area contributed by atoms with Crippen LogP contribution in [0.15, 0.2) is 0 Å². The van der Waals surface area contributed by atoms with Gasteiger partial charge in [0.25, 0.3) is 0 Å². The number of hydrogen-bond acceptors (Lipinski definition) is 1. The quantitative estimate of drug-likeness (QED) is 0.559. The van der Waals surface area contributed by atoms with Crippen molar-refractivity contribution in [2.45, 2.75) is 33.1 Å². The second kappa shape index (κ2) is 3.32. The first kappa shape index (κ1) is 9.04.